The monoisotopic (exact) mass is 598 g/mol. The SMILES string of the molecule is CC(C)(C)c1ccc(-n2c3c(c4ccccc42)CC(c2ccc4c(c2)c2ccccc2n4-c2ccc(C(C)(C)C)cc2)C=C3)cc1. The van der Waals surface area contributed by atoms with E-state index in [1.807, 2.05) is 0 Å². The molecule has 228 valence electrons. The van der Waals surface area contributed by atoms with Crippen LogP contribution in [0.2, 0.25) is 0 Å². The summed E-state index contributed by atoms with van der Waals surface area (Å²) in [5, 5.41) is 3.96. The topological polar surface area (TPSA) is 9.86 Å². The van der Waals surface area contributed by atoms with Gasteiger partial charge in [0.1, 0.15) is 0 Å². The van der Waals surface area contributed by atoms with Crippen molar-refractivity contribution in [2.45, 2.75) is 64.7 Å². The highest BCUT2D eigenvalue weighted by molar-refractivity contribution is 6.09. The average Bonchev–Trinajstić information content (AvgIpc) is 3.56. The number of allylic oxidation sites excluding steroid dienone is 1. The van der Waals surface area contributed by atoms with Crippen molar-refractivity contribution in [1.82, 2.24) is 9.13 Å². The van der Waals surface area contributed by atoms with Gasteiger partial charge in [0.2, 0.25) is 0 Å². The van der Waals surface area contributed by atoms with Crippen LogP contribution in [0.25, 0.3) is 50.2 Å². The lowest BCUT2D eigenvalue weighted by Crippen LogP contribution is -2.11. The second-order valence-electron chi connectivity index (χ2n) is 15.1. The Bertz CT molecular complexity index is 2270. The van der Waals surface area contributed by atoms with Crippen LogP contribution in [0.1, 0.15) is 75.4 Å². The lowest BCUT2D eigenvalue weighted by Gasteiger charge is -2.21. The molecule has 0 saturated carbocycles. The van der Waals surface area contributed by atoms with E-state index in [4.69, 9.17) is 0 Å². The van der Waals surface area contributed by atoms with Gasteiger partial charge in [0, 0.05) is 39.1 Å². The minimum Gasteiger partial charge on any atom is -0.310 e. The minimum atomic E-state index is 0.130. The third kappa shape index (κ3) is 4.62. The average molecular weight is 599 g/mol. The van der Waals surface area contributed by atoms with Crippen molar-refractivity contribution in [2.24, 2.45) is 0 Å². The molecule has 0 spiro atoms. The molecule has 2 heterocycles. The number of aromatic nitrogens is 2. The Balaban J connectivity index is 1.21. The lowest BCUT2D eigenvalue weighted by molar-refractivity contribution is 0.590. The second kappa shape index (κ2) is 10.4. The van der Waals surface area contributed by atoms with Crippen molar-refractivity contribution >= 4 is 38.8 Å². The molecule has 0 bridgehead atoms. The van der Waals surface area contributed by atoms with Crippen LogP contribution in [0.3, 0.4) is 0 Å². The molecule has 2 heteroatoms. The standard InChI is InChI=1S/C44H42N2/c1-43(2,3)31-17-21-33(22-18-31)45-39-13-9-7-11-35(39)37-27-29(15-25-41(37)45)30-16-26-42-38(28-30)36-12-8-10-14-40(36)46(42)34-23-19-32(20-24-34)44(4,5)6/h7-27,30H,28H2,1-6H3. The molecule has 0 aliphatic heterocycles. The lowest BCUT2D eigenvalue weighted by atomic mass is 9.86. The minimum absolute atomic E-state index is 0.130. The number of hydrogen-bond donors (Lipinski definition) is 0. The molecule has 1 atom stereocenters. The summed E-state index contributed by atoms with van der Waals surface area (Å²) >= 11 is 0. The Hall–Kier alpha value is -4.82. The molecule has 8 rings (SSSR count). The summed E-state index contributed by atoms with van der Waals surface area (Å²) in [6, 6.07) is 43.1. The van der Waals surface area contributed by atoms with Crippen molar-refractivity contribution < 1.29 is 0 Å². The molecule has 0 radical (unpaired) electrons. The maximum atomic E-state index is 2.45. The number of nitrogens with zero attached hydrogens (tertiary/aromatic N) is 2. The van der Waals surface area contributed by atoms with Crippen LogP contribution in [-0.2, 0) is 17.3 Å². The molecule has 0 N–H and O–H groups in total. The normalized spacial score (nSPS) is 15.2. The first kappa shape index (κ1) is 28.6. The maximum absolute atomic E-state index is 2.45. The summed E-state index contributed by atoms with van der Waals surface area (Å²) in [4.78, 5) is 0. The van der Waals surface area contributed by atoms with Crippen molar-refractivity contribution in [1.29, 1.82) is 0 Å². The Morgan fingerprint density at radius 2 is 1.04 bits per heavy atom. The molecular formula is C44H42N2. The fraction of sp³-hybridized carbons (Fsp3) is 0.227. The van der Waals surface area contributed by atoms with Gasteiger partial charge in [-0.15, -0.1) is 0 Å². The van der Waals surface area contributed by atoms with Crippen molar-refractivity contribution in [3.8, 4) is 11.4 Å². The van der Waals surface area contributed by atoms with E-state index in [1.165, 1.54) is 72.0 Å². The molecule has 1 unspecified atom stereocenters. The highest BCUT2D eigenvalue weighted by atomic mass is 15.0. The second-order valence-corrected chi connectivity index (χ2v) is 15.1. The van der Waals surface area contributed by atoms with Gasteiger partial charge in [0.15, 0.2) is 0 Å². The summed E-state index contributed by atoms with van der Waals surface area (Å²) in [7, 11) is 0. The first-order chi connectivity index (χ1) is 22.1. The van der Waals surface area contributed by atoms with Crippen LogP contribution in [0.15, 0.2) is 121 Å². The smallest absolute Gasteiger partial charge is 0.0541 e. The number of benzene rings is 5. The molecule has 0 saturated heterocycles. The highest BCUT2D eigenvalue weighted by Gasteiger charge is 2.25. The zero-order valence-corrected chi connectivity index (χ0v) is 27.8. The number of fused-ring (bicyclic) bond motifs is 6. The van der Waals surface area contributed by atoms with Gasteiger partial charge in [0.25, 0.3) is 0 Å². The third-order valence-corrected chi connectivity index (χ3v) is 10.0. The number of rotatable bonds is 3. The molecule has 5 aromatic carbocycles. The summed E-state index contributed by atoms with van der Waals surface area (Å²) in [6.07, 6.45) is 5.77. The fourth-order valence-corrected chi connectivity index (χ4v) is 7.44. The van der Waals surface area contributed by atoms with E-state index in [0.29, 0.717) is 5.92 Å². The van der Waals surface area contributed by atoms with E-state index in [-0.39, 0.29) is 10.8 Å². The van der Waals surface area contributed by atoms with Gasteiger partial charge in [-0.25, -0.2) is 0 Å². The maximum Gasteiger partial charge on any atom is 0.0541 e. The molecule has 0 fully saturated rings. The summed E-state index contributed by atoms with van der Waals surface area (Å²) in [5.41, 5.74) is 13.3. The van der Waals surface area contributed by atoms with Gasteiger partial charge in [0.05, 0.1) is 16.6 Å². The first-order valence-corrected chi connectivity index (χ1v) is 16.6. The Morgan fingerprint density at radius 3 is 1.65 bits per heavy atom. The Labute approximate surface area is 272 Å². The first-order valence-electron chi connectivity index (χ1n) is 16.6. The predicted octanol–water partition coefficient (Wildman–Crippen LogP) is 11.7. The van der Waals surface area contributed by atoms with Gasteiger partial charge in [-0.3, -0.25) is 0 Å². The van der Waals surface area contributed by atoms with Crippen LogP contribution >= 0.6 is 0 Å². The van der Waals surface area contributed by atoms with E-state index in [1.54, 1.807) is 0 Å². The van der Waals surface area contributed by atoms with Crippen LogP contribution in [0, 0.1) is 0 Å². The third-order valence-electron chi connectivity index (χ3n) is 10.0. The zero-order chi connectivity index (χ0) is 31.8. The van der Waals surface area contributed by atoms with Crippen molar-refractivity contribution in [2.75, 3.05) is 0 Å². The highest BCUT2D eigenvalue weighted by Crippen LogP contribution is 2.41. The van der Waals surface area contributed by atoms with Crippen molar-refractivity contribution in [3.05, 3.63) is 149 Å². The van der Waals surface area contributed by atoms with E-state index >= 15 is 0 Å². The van der Waals surface area contributed by atoms with E-state index in [2.05, 4.69) is 178 Å². The number of hydrogen-bond acceptors (Lipinski definition) is 0. The molecule has 7 aromatic rings. The number of para-hydroxylation sites is 2. The van der Waals surface area contributed by atoms with Crippen molar-refractivity contribution in [3.63, 3.8) is 0 Å². The molecule has 2 aromatic heterocycles. The van der Waals surface area contributed by atoms with E-state index in [9.17, 15) is 0 Å². The Morgan fingerprint density at radius 1 is 0.522 bits per heavy atom. The molecular weight excluding hydrogens is 556 g/mol. The summed E-state index contributed by atoms with van der Waals surface area (Å²) < 4.78 is 4.87. The zero-order valence-electron chi connectivity index (χ0n) is 27.8. The van der Waals surface area contributed by atoms with Gasteiger partial charge in [-0.1, -0.05) is 114 Å². The quantitative estimate of drug-likeness (QED) is 0.191. The van der Waals surface area contributed by atoms with E-state index in [0.717, 1.165) is 6.42 Å². The van der Waals surface area contributed by atoms with Crippen LogP contribution in [0.5, 0.6) is 0 Å². The van der Waals surface area contributed by atoms with Gasteiger partial charge < -0.3 is 9.13 Å². The molecule has 1 aliphatic rings. The largest absolute Gasteiger partial charge is 0.310 e. The van der Waals surface area contributed by atoms with Crippen LogP contribution in [0.4, 0.5) is 0 Å². The molecule has 46 heavy (non-hydrogen) atoms. The van der Waals surface area contributed by atoms with Crippen LogP contribution < -0.4 is 0 Å². The molecule has 0 amide bonds. The van der Waals surface area contributed by atoms with Gasteiger partial charge in [-0.05, 0) is 94.1 Å². The van der Waals surface area contributed by atoms with Gasteiger partial charge in [-0.2, -0.15) is 0 Å². The molecule has 1 aliphatic carbocycles. The fourth-order valence-electron chi connectivity index (χ4n) is 7.44. The Kier molecular flexibility index (Phi) is 6.45. The summed E-state index contributed by atoms with van der Waals surface area (Å²) in [6.45, 7) is 13.6. The summed E-state index contributed by atoms with van der Waals surface area (Å²) in [5.74, 6) is 0.313. The van der Waals surface area contributed by atoms with Crippen LogP contribution in [-0.4, -0.2) is 9.13 Å². The molecule has 2 nitrogen and oxygen atoms in total. The van der Waals surface area contributed by atoms with E-state index < -0.39 is 0 Å². The van der Waals surface area contributed by atoms with Gasteiger partial charge >= 0.3 is 0 Å². The predicted molar refractivity (Wildman–Crippen MR) is 197 cm³/mol.